The first-order chi connectivity index (χ1) is 9.57. The summed E-state index contributed by atoms with van der Waals surface area (Å²) in [5.74, 6) is -0.138. The lowest BCUT2D eigenvalue weighted by atomic mass is 10.1. The quantitative estimate of drug-likeness (QED) is 0.348. The van der Waals surface area contributed by atoms with Gasteiger partial charge in [-0.15, -0.1) is 5.73 Å². The summed E-state index contributed by atoms with van der Waals surface area (Å²) in [6.45, 7) is 3.92. The van der Waals surface area contributed by atoms with Crippen molar-refractivity contribution in [1.82, 2.24) is 5.32 Å². The fourth-order valence-electron chi connectivity index (χ4n) is 1.67. The van der Waals surface area contributed by atoms with E-state index >= 15 is 0 Å². The minimum Gasteiger partial charge on any atom is -0.355 e. The Morgan fingerprint density at radius 3 is 2.55 bits per heavy atom. The number of nitrogens with one attached hydrogen (secondary N) is 1. The van der Waals surface area contributed by atoms with E-state index in [-0.39, 0.29) is 18.2 Å². The Kier molecular flexibility index (Phi) is 12.4. The van der Waals surface area contributed by atoms with Gasteiger partial charge in [0.1, 0.15) is 0 Å². The van der Waals surface area contributed by atoms with Crippen LogP contribution in [0.2, 0.25) is 0 Å². The van der Waals surface area contributed by atoms with Crippen molar-refractivity contribution in [3.63, 3.8) is 0 Å². The van der Waals surface area contributed by atoms with Crippen LogP contribution in [0.3, 0.4) is 0 Å². The molecule has 0 spiro atoms. The maximum Gasteiger partial charge on any atom is 0.216 e. The molecule has 4 heteroatoms. The molecule has 0 radical (unpaired) electrons. The standard InChI is InChI=1S/C16H27NO2S/c1-3-4-5-6-7-8-9-10-11-12-15(19)16(20)13-17-14(2)18/h9,11,16,20H,3-8,12-13H2,1-2H3,(H,17,18)/t10?,16-/m0/s1. The molecular formula is C16H27NO2S. The van der Waals surface area contributed by atoms with Crippen LogP contribution < -0.4 is 5.32 Å². The van der Waals surface area contributed by atoms with Gasteiger partial charge in [0.15, 0.2) is 5.78 Å². The summed E-state index contributed by atoms with van der Waals surface area (Å²) in [5.41, 5.74) is 3.03. The zero-order chi connectivity index (χ0) is 15.2. The molecule has 0 bridgehead atoms. The van der Waals surface area contributed by atoms with Crippen LogP contribution in [0, 0.1) is 0 Å². The zero-order valence-electron chi connectivity index (χ0n) is 12.7. The molecule has 0 fully saturated rings. The van der Waals surface area contributed by atoms with E-state index in [9.17, 15) is 9.59 Å². The van der Waals surface area contributed by atoms with E-state index < -0.39 is 5.25 Å². The molecule has 1 atom stereocenters. The SMILES string of the molecule is CCCCCCCC=C=CCC(=O)[C@@H](S)CNC(C)=O. The molecule has 0 aliphatic heterocycles. The molecule has 1 N–H and O–H groups in total. The average Bonchev–Trinajstić information content (AvgIpc) is 2.42. The molecule has 0 aliphatic carbocycles. The summed E-state index contributed by atoms with van der Waals surface area (Å²) in [7, 11) is 0. The lowest BCUT2D eigenvalue weighted by Crippen LogP contribution is -2.31. The van der Waals surface area contributed by atoms with Crippen LogP contribution >= 0.6 is 12.6 Å². The Labute approximate surface area is 128 Å². The Bertz CT molecular complexity index is 346. The third-order valence-electron chi connectivity index (χ3n) is 2.91. The largest absolute Gasteiger partial charge is 0.355 e. The maximum absolute atomic E-state index is 11.6. The van der Waals surface area contributed by atoms with Crippen LogP contribution in [0.25, 0.3) is 0 Å². The van der Waals surface area contributed by atoms with Crippen molar-refractivity contribution < 1.29 is 9.59 Å². The molecule has 0 heterocycles. The number of carbonyl (C=O) groups is 2. The van der Waals surface area contributed by atoms with Crippen molar-refractivity contribution in [2.75, 3.05) is 6.54 Å². The summed E-state index contributed by atoms with van der Waals surface area (Å²) in [4.78, 5) is 22.4. The van der Waals surface area contributed by atoms with Crippen LogP contribution in [0.4, 0.5) is 0 Å². The number of ketones is 1. The second-order valence-corrected chi connectivity index (χ2v) is 5.52. The van der Waals surface area contributed by atoms with Gasteiger partial charge in [0.2, 0.25) is 5.91 Å². The predicted molar refractivity (Wildman–Crippen MR) is 87.1 cm³/mol. The van der Waals surface area contributed by atoms with Crippen molar-refractivity contribution >= 4 is 24.3 Å². The second-order valence-electron chi connectivity index (χ2n) is 4.90. The van der Waals surface area contributed by atoms with Gasteiger partial charge in [-0.25, -0.2) is 0 Å². The van der Waals surface area contributed by atoms with Crippen molar-refractivity contribution in [2.45, 2.75) is 64.0 Å². The lowest BCUT2D eigenvalue weighted by molar-refractivity contribution is -0.119. The zero-order valence-corrected chi connectivity index (χ0v) is 13.5. The molecule has 0 aromatic carbocycles. The van der Waals surface area contributed by atoms with Gasteiger partial charge in [-0.3, -0.25) is 9.59 Å². The van der Waals surface area contributed by atoms with E-state index in [4.69, 9.17) is 0 Å². The summed E-state index contributed by atoms with van der Waals surface area (Å²) in [6, 6.07) is 0. The third-order valence-corrected chi connectivity index (χ3v) is 3.38. The van der Waals surface area contributed by atoms with Gasteiger partial charge in [-0.05, 0) is 25.0 Å². The number of thiol groups is 1. The lowest BCUT2D eigenvalue weighted by Gasteiger charge is -2.07. The van der Waals surface area contributed by atoms with Crippen LogP contribution in [0.5, 0.6) is 0 Å². The van der Waals surface area contributed by atoms with Crippen LogP contribution in [0.15, 0.2) is 17.9 Å². The molecule has 0 aromatic rings. The molecule has 3 nitrogen and oxygen atoms in total. The van der Waals surface area contributed by atoms with Gasteiger partial charge in [0.05, 0.1) is 5.25 Å². The summed E-state index contributed by atoms with van der Waals surface area (Å²) >= 11 is 4.17. The van der Waals surface area contributed by atoms with Gasteiger partial charge in [-0.1, -0.05) is 32.6 Å². The number of unbranched alkanes of at least 4 members (excludes halogenated alkanes) is 5. The van der Waals surface area contributed by atoms with E-state index in [1.165, 1.54) is 39.0 Å². The van der Waals surface area contributed by atoms with Crippen LogP contribution in [0.1, 0.15) is 58.8 Å². The number of Topliss-reactive ketones (excluding diaryl/α,β-unsaturated/α-hetero) is 1. The topological polar surface area (TPSA) is 46.2 Å². The molecule has 1 amide bonds. The molecule has 0 saturated heterocycles. The minimum absolute atomic E-state index is 0.00549. The fraction of sp³-hybridized carbons (Fsp3) is 0.688. The summed E-state index contributed by atoms with van der Waals surface area (Å²) < 4.78 is 0. The highest BCUT2D eigenvalue weighted by Gasteiger charge is 2.12. The van der Waals surface area contributed by atoms with Crippen LogP contribution in [-0.2, 0) is 9.59 Å². The first-order valence-electron chi connectivity index (χ1n) is 7.42. The van der Waals surface area contributed by atoms with Gasteiger partial charge in [-0.2, -0.15) is 12.6 Å². The van der Waals surface area contributed by atoms with Gasteiger partial charge in [0, 0.05) is 19.9 Å². The van der Waals surface area contributed by atoms with Crippen molar-refractivity contribution in [2.24, 2.45) is 0 Å². The number of hydrogen-bond acceptors (Lipinski definition) is 3. The molecule has 114 valence electrons. The monoisotopic (exact) mass is 297 g/mol. The number of amides is 1. The van der Waals surface area contributed by atoms with E-state index in [1.54, 1.807) is 6.08 Å². The Morgan fingerprint density at radius 2 is 1.90 bits per heavy atom. The third kappa shape index (κ3) is 12.1. The summed E-state index contributed by atoms with van der Waals surface area (Å²) in [5, 5.41) is 2.14. The number of carbonyl (C=O) groups excluding carboxylic acids is 2. The second kappa shape index (κ2) is 13.0. The molecule has 20 heavy (non-hydrogen) atoms. The van der Waals surface area contributed by atoms with E-state index in [1.807, 2.05) is 6.08 Å². The minimum atomic E-state index is -0.439. The van der Waals surface area contributed by atoms with Crippen molar-refractivity contribution in [3.8, 4) is 0 Å². The van der Waals surface area contributed by atoms with Crippen molar-refractivity contribution in [1.29, 1.82) is 0 Å². The number of rotatable bonds is 11. The first-order valence-corrected chi connectivity index (χ1v) is 7.94. The number of hydrogen-bond donors (Lipinski definition) is 2. The van der Waals surface area contributed by atoms with E-state index in [2.05, 4.69) is 30.6 Å². The number of allylic oxidation sites excluding steroid dienone is 1. The Morgan fingerprint density at radius 1 is 1.20 bits per heavy atom. The van der Waals surface area contributed by atoms with Crippen LogP contribution in [-0.4, -0.2) is 23.5 Å². The molecule has 0 aromatic heterocycles. The van der Waals surface area contributed by atoms with Crippen molar-refractivity contribution in [3.05, 3.63) is 17.9 Å². The highest BCUT2D eigenvalue weighted by atomic mass is 32.1. The molecule has 0 unspecified atom stereocenters. The molecule has 0 aliphatic rings. The molecule has 0 rings (SSSR count). The maximum atomic E-state index is 11.6. The van der Waals surface area contributed by atoms with E-state index in [0.717, 1.165) is 6.42 Å². The smallest absolute Gasteiger partial charge is 0.216 e. The highest BCUT2D eigenvalue weighted by Crippen LogP contribution is 2.05. The van der Waals surface area contributed by atoms with Gasteiger partial charge < -0.3 is 5.32 Å². The average molecular weight is 297 g/mol. The summed E-state index contributed by atoms with van der Waals surface area (Å²) in [6.07, 6.45) is 11.4. The normalized spacial score (nSPS) is 11.3. The fourth-order valence-corrected chi connectivity index (χ4v) is 1.86. The molecule has 0 saturated carbocycles. The highest BCUT2D eigenvalue weighted by molar-refractivity contribution is 7.81. The Balaban J connectivity index is 3.70. The predicted octanol–water partition coefficient (Wildman–Crippen LogP) is 3.45. The van der Waals surface area contributed by atoms with Gasteiger partial charge in [0.25, 0.3) is 0 Å². The Hall–Kier alpha value is -0.990. The van der Waals surface area contributed by atoms with Gasteiger partial charge >= 0.3 is 0 Å². The van der Waals surface area contributed by atoms with E-state index in [0.29, 0.717) is 6.42 Å². The first kappa shape index (κ1) is 19.0. The molecular weight excluding hydrogens is 270 g/mol.